The molecule has 1 N–H and O–H groups in total. The number of halogens is 2. The summed E-state index contributed by atoms with van der Waals surface area (Å²) in [5, 5.41) is 12.3. The molecule has 5 nitrogen and oxygen atoms in total. The maximum atomic E-state index is 13.0. The largest absolute Gasteiger partial charge is 0.410 e. The van der Waals surface area contributed by atoms with E-state index in [0.717, 1.165) is 10.1 Å². The van der Waals surface area contributed by atoms with Gasteiger partial charge < -0.3 is 9.73 Å². The van der Waals surface area contributed by atoms with Crippen molar-refractivity contribution in [1.82, 2.24) is 10.2 Å². The normalized spacial score (nSPS) is 12.2. The Morgan fingerprint density at radius 1 is 1.24 bits per heavy atom. The van der Waals surface area contributed by atoms with E-state index in [1.165, 1.54) is 47.4 Å². The van der Waals surface area contributed by atoms with E-state index in [1.54, 1.807) is 0 Å². The Hall–Kier alpha value is -2.42. The number of amides is 1. The van der Waals surface area contributed by atoms with Crippen LogP contribution in [0.15, 0.2) is 58.2 Å². The number of hydrogen-bond acceptors (Lipinski definition) is 6. The number of nitrogens with zero attached hydrogens (tertiary/aromatic N) is 2. The second-order valence-electron chi connectivity index (χ2n) is 6.13. The first-order chi connectivity index (χ1) is 14.0. The molecule has 4 rings (SSSR count). The molecule has 2 aromatic carbocycles. The minimum absolute atomic E-state index is 0.219. The monoisotopic (exact) mass is 447 g/mol. The van der Waals surface area contributed by atoms with Crippen molar-refractivity contribution in [2.75, 3.05) is 5.32 Å². The molecule has 1 atom stereocenters. The average molecular weight is 448 g/mol. The number of rotatable bonds is 6. The number of benzene rings is 2. The third kappa shape index (κ3) is 4.29. The fourth-order valence-corrected chi connectivity index (χ4v) is 4.93. The SMILES string of the molecule is CC[C@@H](Sc1nnc(-c2sc3ccccc3c2Cl)o1)C(=O)Nc1ccc(F)cc1. The molecule has 0 bridgehead atoms. The van der Waals surface area contributed by atoms with Crippen LogP contribution in [-0.4, -0.2) is 21.4 Å². The number of hydrogen-bond donors (Lipinski definition) is 1. The number of nitrogens with one attached hydrogen (secondary N) is 1. The zero-order valence-corrected chi connectivity index (χ0v) is 17.6. The van der Waals surface area contributed by atoms with Gasteiger partial charge in [-0.2, -0.15) is 0 Å². The molecule has 148 valence electrons. The molecule has 2 heterocycles. The standard InChI is InChI=1S/C20H15ClFN3O2S2/c1-2-14(18(26)23-12-9-7-11(22)8-10-12)29-20-25-24-19(27-20)17-16(21)13-5-3-4-6-15(13)28-17/h3-10,14H,2H2,1H3,(H,23,26)/t14-/m1/s1. The minimum Gasteiger partial charge on any atom is -0.410 e. The molecule has 29 heavy (non-hydrogen) atoms. The van der Waals surface area contributed by atoms with Gasteiger partial charge in [0, 0.05) is 15.8 Å². The molecule has 0 radical (unpaired) electrons. The van der Waals surface area contributed by atoms with Crippen LogP contribution in [0.1, 0.15) is 13.3 Å². The van der Waals surface area contributed by atoms with Gasteiger partial charge in [0.1, 0.15) is 10.7 Å². The van der Waals surface area contributed by atoms with E-state index in [9.17, 15) is 9.18 Å². The Morgan fingerprint density at radius 2 is 2.00 bits per heavy atom. The summed E-state index contributed by atoms with van der Waals surface area (Å²) >= 11 is 9.13. The zero-order chi connectivity index (χ0) is 20.4. The highest BCUT2D eigenvalue weighted by atomic mass is 35.5. The van der Waals surface area contributed by atoms with Crippen LogP contribution in [0.2, 0.25) is 5.02 Å². The van der Waals surface area contributed by atoms with Crippen molar-refractivity contribution >= 4 is 56.4 Å². The van der Waals surface area contributed by atoms with Gasteiger partial charge in [0.2, 0.25) is 5.91 Å². The Morgan fingerprint density at radius 3 is 2.72 bits per heavy atom. The van der Waals surface area contributed by atoms with Gasteiger partial charge in [-0.15, -0.1) is 21.5 Å². The first-order valence-electron chi connectivity index (χ1n) is 8.79. The van der Waals surface area contributed by atoms with E-state index in [-0.39, 0.29) is 16.9 Å². The molecule has 0 spiro atoms. The van der Waals surface area contributed by atoms with Crippen LogP contribution in [0.5, 0.6) is 0 Å². The number of carbonyl (C=O) groups is 1. The van der Waals surface area contributed by atoms with Crippen LogP contribution in [0.4, 0.5) is 10.1 Å². The second-order valence-corrected chi connectivity index (χ2v) is 8.71. The summed E-state index contributed by atoms with van der Waals surface area (Å²) in [5.41, 5.74) is 0.527. The molecule has 4 aromatic rings. The van der Waals surface area contributed by atoms with Gasteiger partial charge >= 0.3 is 0 Å². The third-order valence-electron chi connectivity index (χ3n) is 4.15. The quantitative estimate of drug-likeness (QED) is 0.353. The Bertz CT molecular complexity index is 1160. The Balaban J connectivity index is 1.50. The predicted octanol–water partition coefficient (Wildman–Crippen LogP) is 6.25. The summed E-state index contributed by atoms with van der Waals surface area (Å²) in [7, 11) is 0. The fraction of sp³-hybridized carbons (Fsp3) is 0.150. The van der Waals surface area contributed by atoms with Gasteiger partial charge in [-0.25, -0.2) is 4.39 Å². The lowest BCUT2D eigenvalue weighted by Crippen LogP contribution is -2.24. The second kappa shape index (κ2) is 8.52. The topological polar surface area (TPSA) is 68.0 Å². The molecule has 0 aliphatic rings. The number of carbonyl (C=O) groups excluding carboxylic acids is 1. The van der Waals surface area contributed by atoms with Crippen LogP contribution in [0, 0.1) is 5.82 Å². The van der Waals surface area contributed by atoms with Crippen molar-refractivity contribution in [2.24, 2.45) is 0 Å². The summed E-state index contributed by atoms with van der Waals surface area (Å²) < 4.78 is 19.8. The Labute approximate surface area is 179 Å². The van der Waals surface area contributed by atoms with E-state index in [1.807, 2.05) is 31.2 Å². The molecular weight excluding hydrogens is 433 g/mol. The first-order valence-corrected chi connectivity index (χ1v) is 10.9. The molecule has 0 saturated carbocycles. The van der Waals surface area contributed by atoms with E-state index in [0.29, 0.717) is 27.9 Å². The molecule has 9 heteroatoms. The molecular formula is C20H15ClFN3O2S2. The lowest BCUT2D eigenvalue weighted by molar-refractivity contribution is -0.115. The lowest BCUT2D eigenvalue weighted by atomic mass is 10.2. The summed E-state index contributed by atoms with van der Waals surface area (Å²) in [5.74, 6) is -0.251. The molecule has 0 aliphatic heterocycles. The van der Waals surface area contributed by atoms with Gasteiger partial charge in [0.15, 0.2) is 0 Å². The number of aromatic nitrogens is 2. The van der Waals surface area contributed by atoms with Crippen LogP contribution in [0.3, 0.4) is 0 Å². The molecule has 0 saturated heterocycles. The molecule has 2 aromatic heterocycles. The van der Waals surface area contributed by atoms with Gasteiger partial charge in [-0.05, 0) is 36.8 Å². The summed E-state index contributed by atoms with van der Waals surface area (Å²) in [6.07, 6.45) is 0.555. The molecule has 0 unspecified atom stereocenters. The van der Waals surface area contributed by atoms with E-state index < -0.39 is 5.25 Å². The predicted molar refractivity (Wildman–Crippen MR) is 115 cm³/mol. The third-order valence-corrected chi connectivity index (χ3v) is 7.02. The number of anilines is 1. The highest BCUT2D eigenvalue weighted by Crippen LogP contribution is 2.42. The summed E-state index contributed by atoms with van der Waals surface area (Å²) in [4.78, 5) is 13.3. The summed E-state index contributed by atoms with van der Waals surface area (Å²) in [6.45, 7) is 1.89. The molecule has 0 aliphatic carbocycles. The van der Waals surface area contributed by atoms with Crippen molar-refractivity contribution in [2.45, 2.75) is 23.8 Å². The number of fused-ring (bicyclic) bond motifs is 1. The maximum Gasteiger partial charge on any atom is 0.277 e. The number of thioether (sulfide) groups is 1. The van der Waals surface area contributed by atoms with Crippen molar-refractivity contribution < 1.29 is 13.6 Å². The molecule has 1 amide bonds. The van der Waals surface area contributed by atoms with E-state index in [2.05, 4.69) is 15.5 Å². The fourth-order valence-electron chi connectivity index (χ4n) is 2.70. The van der Waals surface area contributed by atoms with Crippen molar-refractivity contribution in [3.63, 3.8) is 0 Å². The van der Waals surface area contributed by atoms with Crippen LogP contribution in [-0.2, 0) is 4.79 Å². The van der Waals surface area contributed by atoms with Gasteiger partial charge in [-0.3, -0.25) is 4.79 Å². The number of thiophene rings is 1. The van der Waals surface area contributed by atoms with Gasteiger partial charge in [0.25, 0.3) is 11.1 Å². The lowest BCUT2D eigenvalue weighted by Gasteiger charge is -2.12. The Kier molecular flexibility index (Phi) is 5.84. The van der Waals surface area contributed by atoms with Gasteiger partial charge in [-0.1, -0.05) is 48.5 Å². The van der Waals surface area contributed by atoms with Crippen molar-refractivity contribution in [1.29, 1.82) is 0 Å². The van der Waals surface area contributed by atoms with Gasteiger partial charge in [0.05, 0.1) is 10.3 Å². The van der Waals surface area contributed by atoms with E-state index in [4.69, 9.17) is 16.0 Å². The average Bonchev–Trinajstić information content (AvgIpc) is 3.32. The first kappa shape index (κ1) is 19.9. The smallest absolute Gasteiger partial charge is 0.277 e. The van der Waals surface area contributed by atoms with Crippen LogP contribution >= 0.6 is 34.7 Å². The highest BCUT2D eigenvalue weighted by Gasteiger charge is 2.23. The minimum atomic E-state index is -0.439. The van der Waals surface area contributed by atoms with Crippen molar-refractivity contribution in [3.8, 4) is 10.8 Å². The zero-order valence-electron chi connectivity index (χ0n) is 15.2. The maximum absolute atomic E-state index is 13.0. The van der Waals surface area contributed by atoms with E-state index >= 15 is 0 Å². The van der Waals surface area contributed by atoms with Crippen LogP contribution < -0.4 is 5.32 Å². The van der Waals surface area contributed by atoms with Crippen LogP contribution in [0.25, 0.3) is 20.9 Å². The van der Waals surface area contributed by atoms with Crippen molar-refractivity contribution in [3.05, 3.63) is 59.4 Å². The summed E-state index contributed by atoms with van der Waals surface area (Å²) in [6, 6.07) is 13.4. The highest BCUT2D eigenvalue weighted by molar-refractivity contribution is 8.00. The molecule has 0 fully saturated rings.